The Morgan fingerprint density at radius 1 is 1.43 bits per heavy atom. The third kappa shape index (κ3) is 3.04. The Morgan fingerprint density at radius 3 is 2.79 bits per heavy atom. The molecule has 74 valence electrons. The Balaban J connectivity index is 2.81. The van der Waals surface area contributed by atoms with Gasteiger partial charge in [-0.25, -0.2) is 0 Å². The summed E-state index contributed by atoms with van der Waals surface area (Å²) in [5.41, 5.74) is 2.92. The summed E-state index contributed by atoms with van der Waals surface area (Å²) in [6.07, 6.45) is 5.99. The van der Waals surface area contributed by atoms with Crippen LogP contribution in [-0.2, 0) is 0 Å². The van der Waals surface area contributed by atoms with E-state index in [9.17, 15) is 4.79 Å². The van der Waals surface area contributed by atoms with Gasteiger partial charge in [0.25, 0.3) is 0 Å². The Labute approximate surface area is 90.2 Å². The molecule has 0 fully saturated rings. The van der Waals surface area contributed by atoms with E-state index in [1.807, 2.05) is 25.1 Å². The predicted molar refractivity (Wildman–Crippen MR) is 64.1 cm³/mol. The molecule has 0 aromatic heterocycles. The van der Waals surface area contributed by atoms with Crippen LogP contribution in [0.4, 0.5) is 0 Å². The van der Waals surface area contributed by atoms with Crippen LogP contribution in [0.5, 0.6) is 0 Å². The fraction of sp³-hybridized carbons (Fsp3) is 0.250. The summed E-state index contributed by atoms with van der Waals surface area (Å²) in [7, 11) is 0. The van der Waals surface area contributed by atoms with Crippen molar-refractivity contribution in [3.8, 4) is 0 Å². The number of carbonyl (C=O) groups is 1. The Hall–Kier alpha value is -1.02. The number of benzene rings is 1. The smallest absolute Gasteiger partial charge is 0.150 e. The summed E-state index contributed by atoms with van der Waals surface area (Å²) in [5, 5.41) is 0. The monoisotopic (exact) mass is 206 g/mol. The molecule has 0 unspecified atom stereocenters. The fourth-order valence-corrected chi connectivity index (χ4v) is 1.38. The van der Waals surface area contributed by atoms with E-state index in [1.165, 1.54) is 0 Å². The van der Waals surface area contributed by atoms with Crippen LogP contribution in [0.1, 0.15) is 27.9 Å². The molecule has 0 N–H and O–H groups in total. The molecule has 1 rings (SSSR count). The number of aldehydes is 1. The molecule has 0 radical (unpaired) electrons. The Kier molecular flexibility index (Phi) is 4.47. The van der Waals surface area contributed by atoms with E-state index in [0.29, 0.717) is 0 Å². The second kappa shape index (κ2) is 5.66. The summed E-state index contributed by atoms with van der Waals surface area (Å²) < 4.78 is 0. The van der Waals surface area contributed by atoms with E-state index >= 15 is 0 Å². The quantitative estimate of drug-likeness (QED) is 0.591. The second-order valence-electron chi connectivity index (χ2n) is 3.15. The Morgan fingerprint density at radius 2 is 2.21 bits per heavy atom. The highest BCUT2D eigenvalue weighted by molar-refractivity contribution is 7.80. The maximum atomic E-state index is 10.6. The summed E-state index contributed by atoms with van der Waals surface area (Å²) in [4.78, 5) is 10.6. The second-order valence-corrected chi connectivity index (χ2v) is 3.60. The van der Waals surface area contributed by atoms with Gasteiger partial charge in [0.2, 0.25) is 0 Å². The van der Waals surface area contributed by atoms with Gasteiger partial charge in [-0.3, -0.25) is 4.79 Å². The molecule has 0 aliphatic carbocycles. The molecule has 1 aromatic rings. The fourth-order valence-electron chi connectivity index (χ4n) is 1.23. The van der Waals surface area contributed by atoms with E-state index in [2.05, 4.69) is 24.8 Å². The van der Waals surface area contributed by atoms with Crippen molar-refractivity contribution in [2.45, 2.75) is 13.3 Å². The molecule has 0 amide bonds. The average Bonchev–Trinajstić information content (AvgIpc) is 2.18. The van der Waals surface area contributed by atoms with Crippen molar-refractivity contribution in [2.75, 3.05) is 5.75 Å². The zero-order valence-corrected chi connectivity index (χ0v) is 9.13. The highest BCUT2D eigenvalue weighted by Crippen LogP contribution is 2.10. The zero-order valence-electron chi connectivity index (χ0n) is 8.23. The van der Waals surface area contributed by atoms with E-state index < -0.39 is 0 Å². The number of rotatable bonds is 4. The predicted octanol–water partition coefficient (Wildman–Crippen LogP) is 3.14. The molecular weight excluding hydrogens is 192 g/mol. The summed E-state index contributed by atoms with van der Waals surface area (Å²) in [6.45, 7) is 1.94. The molecule has 0 atom stereocenters. The van der Waals surface area contributed by atoms with Gasteiger partial charge in [-0.15, -0.1) is 0 Å². The van der Waals surface area contributed by atoms with Gasteiger partial charge >= 0.3 is 0 Å². The standard InChI is InChI=1S/C12H14OS/c1-10-8-11(4-2-3-7-14)5-6-12(10)9-13/h2,4-6,8-9,14H,3,7H2,1H3. The molecule has 0 heterocycles. The van der Waals surface area contributed by atoms with Crippen LogP contribution in [0.2, 0.25) is 0 Å². The molecule has 0 aliphatic rings. The van der Waals surface area contributed by atoms with Gasteiger partial charge in [-0.1, -0.05) is 30.4 Å². The number of thiol groups is 1. The zero-order chi connectivity index (χ0) is 10.4. The van der Waals surface area contributed by atoms with Crippen LogP contribution >= 0.6 is 12.6 Å². The minimum atomic E-state index is 0.761. The van der Waals surface area contributed by atoms with Crippen molar-refractivity contribution in [1.29, 1.82) is 0 Å². The highest BCUT2D eigenvalue weighted by atomic mass is 32.1. The van der Waals surface area contributed by atoms with Crippen LogP contribution < -0.4 is 0 Å². The van der Waals surface area contributed by atoms with Crippen LogP contribution in [0, 0.1) is 6.92 Å². The van der Waals surface area contributed by atoms with Gasteiger partial charge in [0.05, 0.1) is 0 Å². The molecule has 1 nitrogen and oxygen atoms in total. The highest BCUT2D eigenvalue weighted by Gasteiger charge is 1.95. The molecule has 0 saturated carbocycles. The van der Waals surface area contributed by atoms with Gasteiger partial charge in [-0.05, 0) is 30.2 Å². The van der Waals surface area contributed by atoms with Gasteiger partial charge in [0, 0.05) is 5.56 Å². The van der Waals surface area contributed by atoms with Crippen LogP contribution in [0.3, 0.4) is 0 Å². The SMILES string of the molecule is Cc1cc(C=CCCS)ccc1C=O. The first-order chi connectivity index (χ1) is 6.77. The lowest BCUT2D eigenvalue weighted by molar-refractivity contribution is 0.112. The third-order valence-electron chi connectivity index (χ3n) is 2.03. The van der Waals surface area contributed by atoms with E-state index in [-0.39, 0.29) is 0 Å². The summed E-state index contributed by atoms with van der Waals surface area (Å²) in [5.74, 6) is 0.863. The number of hydrogen-bond acceptors (Lipinski definition) is 2. The molecule has 1 aromatic carbocycles. The van der Waals surface area contributed by atoms with Crippen LogP contribution in [-0.4, -0.2) is 12.0 Å². The first-order valence-corrected chi connectivity index (χ1v) is 5.24. The minimum Gasteiger partial charge on any atom is -0.298 e. The van der Waals surface area contributed by atoms with Gasteiger partial charge in [0.15, 0.2) is 0 Å². The van der Waals surface area contributed by atoms with Crippen molar-refractivity contribution in [2.24, 2.45) is 0 Å². The topological polar surface area (TPSA) is 17.1 Å². The van der Waals surface area contributed by atoms with Gasteiger partial charge < -0.3 is 0 Å². The Bertz CT molecular complexity index is 342. The third-order valence-corrected chi connectivity index (χ3v) is 2.29. The van der Waals surface area contributed by atoms with Crippen molar-refractivity contribution in [1.82, 2.24) is 0 Å². The van der Waals surface area contributed by atoms with Gasteiger partial charge in [-0.2, -0.15) is 12.6 Å². The number of allylic oxidation sites excluding steroid dienone is 1. The maximum Gasteiger partial charge on any atom is 0.150 e. The first kappa shape index (κ1) is 11.1. The molecule has 0 bridgehead atoms. The van der Waals surface area contributed by atoms with E-state index in [0.717, 1.165) is 35.2 Å². The number of aryl methyl sites for hydroxylation is 1. The normalized spacial score (nSPS) is 10.7. The average molecular weight is 206 g/mol. The van der Waals surface area contributed by atoms with Crippen molar-refractivity contribution >= 4 is 25.0 Å². The minimum absolute atomic E-state index is 0.761. The molecule has 0 aliphatic heterocycles. The first-order valence-electron chi connectivity index (χ1n) is 4.61. The van der Waals surface area contributed by atoms with Crippen LogP contribution in [0.25, 0.3) is 6.08 Å². The van der Waals surface area contributed by atoms with Crippen LogP contribution in [0.15, 0.2) is 24.3 Å². The molecule has 2 heteroatoms. The van der Waals surface area contributed by atoms with Crippen molar-refractivity contribution in [3.63, 3.8) is 0 Å². The lowest BCUT2D eigenvalue weighted by Gasteiger charge is -1.99. The largest absolute Gasteiger partial charge is 0.298 e. The lowest BCUT2D eigenvalue weighted by Crippen LogP contribution is -1.86. The molecule has 0 saturated heterocycles. The van der Waals surface area contributed by atoms with Gasteiger partial charge in [0.1, 0.15) is 6.29 Å². The lowest BCUT2D eigenvalue weighted by atomic mass is 10.1. The molecule has 14 heavy (non-hydrogen) atoms. The number of carbonyl (C=O) groups excluding carboxylic acids is 1. The van der Waals surface area contributed by atoms with E-state index in [4.69, 9.17) is 0 Å². The maximum absolute atomic E-state index is 10.6. The molecule has 0 spiro atoms. The van der Waals surface area contributed by atoms with Crippen molar-refractivity contribution < 1.29 is 4.79 Å². The molecular formula is C12H14OS. The number of hydrogen-bond donors (Lipinski definition) is 1. The van der Waals surface area contributed by atoms with Crippen molar-refractivity contribution in [3.05, 3.63) is 41.0 Å². The van der Waals surface area contributed by atoms with E-state index in [1.54, 1.807) is 0 Å². The summed E-state index contributed by atoms with van der Waals surface area (Å²) in [6, 6.07) is 5.81. The summed E-state index contributed by atoms with van der Waals surface area (Å²) >= 11 is 4.12.